The molecule has 0 bridgehead atoms. The molecule has 26 heteroatoms. The van der Waals surface area contributed by atoms with Gasteiger partial charge in [0.25, 0.3) is 0 Å². The van der Waals surface area contributed by atoms with Crippen molar-refractivity contribution in [2.75, 3.05) is 19.3 Å². The number of nitrogens with two attached hydrogens (primary N) is 1. The zero-order chi connectivity index (χ0) is 29.8. The first-order valence-electron chi connectivity index (χ1n) is 5.25. The van der Waals surface area contributed by atoms with Gasteiger partial charge in [0.2, 0.25) is 0 Å². The first-order valence-corrected chi connectivity index (χ1v) is 6.07. The number of likely N-dealkylation sites (N-methyl/N-ethyl adjacent to an activating group) is 1. The minimum Gasteiger partial charge on any atom is -0.375 e. The summed E-state index contributed by atoms with van der Waals surface area (Å²) in [5.41, 5.74) is 6.81. The molecule has 0 fully saturated rings. The average Bonchev–Trinajstić information content (AvgIpc) is 3.35. The molecule has 1 aromatic heterocycles. The lowest BCUT2D eigenvalue weighted by Crippen LogP contribution is -2.25. The van der Waals surface area contributed by atoms with Crippen molar-refractivity contribution in [3.05, 3.63) is 10.6 Å². The second-order valence-corrected chi connectivity index (χ2v) is 4.02. The quantitative estimate of drug-likeness (QED) is 0.308. The molecule has 33 heavy (non-hydrogen) atoms. The molecule has 0 amide bonds. The molecular weight excluding hydrogens is 576 g/mol. The van der Waals surface area contributed by atoms with Crippen LogP contribution in [0.4, 0.5) is 106 Å². The summed E-state index contributed by atoms with van der Waals surface area (Å²) in [7, 11) is 2.12. The molecule has 1 aromatic rings. The average molecular weight is 587 g/mol. The Hall–Kier alpha value is -2.15. The van der Waals surface area contributed by atoms with Gasteiger partial charge in [0.1, 0.15) is 0 Å². The number of nitrogen functional groups attached to an aromatic ring is 1. The van der Waals surface area contributed by atoms with Crippen molar-refractivity contribution in [2.45, 2.75) is 13.0 Å². The minimum atomic E-state index is 0.713. The van der Waals surface area contributed by atoms with Crippen LogP contribution >= 0.6 is 11.3 Å². The fourth-order valence-corrected chi connectivity index (χ4v) is 2.30. The number of hydrogen-bond donors (Lipinski definition) is 1. The normalized spacial score (nSPS) is 8.09. The van der Waals surface area contributed by atoms with E-state index in [-0.39, 0.29) is 0 Å². The maximum Gasteiger partial charge on any atom is 0.180 e. The molecule has 0 aliphatic carbocycles. The Morgan fingerprint density at radius 1 is 0.606 bits per heavy atom. The van der Waals surface area contributed by atoms with Crippen LogP contribution < -0.4 is 5.73 Å². The van der Waals surface area contributed by atoms with E-state index in [1.54, 1.807) is 11.3 Å². The van der Waals surface area contributed by atoms with Crippen LogP contribution in [-0.2, 0) is 13.0 Å². The van der Waals surface area contributed by atoms with Gasteiger partial charge in [-0.3, -0.25) is 0 Å². The van der Waals surface area contributed by atoms with Gasteiger partial charge in [0.15, 0.2) is 5.13 Å². The zero-order valence-electron chi connectivity index (χ0n) is 14.8. The van der Waals surface area contributed by atoms with E-state index in [0.29, 0.717) is 5.13 Å². The van der Waals surface area contributed by atoms with Crippen LogP contribution in [0.25, 0.3) is 0 Å². The molecule has 3 nitrogen and oxygen atoms in total. The van der Waals surface area contributed by atoms with Crippen LogP contribution in [0.1, 0.15) is 10.6 Å². The van der Waals surface area contributed by atoms with Crippen LogP contribution in [0.3, 0.4) is 0 Å². The van der Waals surface area contributed by atoms with E-state index in [9.17, 15) is 0 Å². The fraction of sp³-hybridized carbons (Fsp3) is 0.571. The van der Waals surface area contributed by atoms with Gasteiger partial charge in [-0.1, -0.05) is 0 Å². The molecule has 0 spiro atoms. The maximum atomic E-state index is 8.00. The number of rotatable bonds is 0. The van der Waals surface area contributed by atoms with Crippen LogP contribution in [0.5, 0.6) is 0 Å². The Labute approximate surface area is 171 Å². The van der Waals surface area contributed by atoms with Crippen molar-refractivity contribution in [3.63, 3.8) is 0 Å². The lowest BCUT2D eigenvalue weighted by atomic mass is 10.2. The summed E-state index contributed by atoms with van der Waals surface area (Å²) >= 11 is 1.62. The Balaban J connectivity index is -0.0000000259. The predicted molar refractivity (Wildman–Crippen MR) is 70.9 cm³/mol. The lowest BCUT2D eigenvalue weighted by molar-refractivity contribution is 0.108. The van der Waals surface area contributed by atoms with E-state index in [0.717, 1.165) is 19.5 Å². The number of fused-ring (bicyclic) bond motifs is 1. The molecule has 1 aliphatic rings. The largest absolute Gasteiger partial charge is 0.375 e. The van der Waals surface area contributed by atoms with Gasteiger partial charge in [-0.25, -0.2) is 4.98 Å². The first kappa shape index (κ1) is 63.2. The van der Waals surface area contributed by atoms with Gasteiger partial charge in [0, 0.05) is 125 Å². The van der Waals surface area contributed by atoms with Crippen molar-refractivity contribution >= 4 is 16.5 Å². The van der Waals surface area contributed by atoms with E-state index in [1.165, 1.54) is 10.6 Å². The summed E-state index contributed by atoms with van der Waals surface area (Å²) in [5.74, 6) is 0. The van der Waals surface area contributed by atoms with E-state index >= 15 is 0 Å². The van der Waals surface area contributed by atoms with Gasteiger partial charge >= 0.3 is 0 Å². The molecule has 2 rings (SSSR count). The summed E-state index contributed by atoms with van der Waals surface area (Å²) in [6, 6.07) is 0. The molecule has 2 heterocycles. The molecular formula is C7H11F22N3S. The summed E-state index contributed by atoms with van der Waals surface area (Å²) in [5, 5.41) is 0.713. The smallest absolute Gasteiger partial charge is 0.180 e. The number of aromatic nitrogens is 1. The molecule has 0 radical (unpaired) electrons. The van der Waals surface area contributed by atoms with Gasteiger partial charge in [-0.2, -0.15) is 0 Å². The van der Waals surface area contributed by atoms with Crippen molar-refractivity contribution in [1.82, 2.24) is 9.88 Å². The first-order chi connectivity index (χ1) is 16.3. The Morgan fingerprint density at radius 2 is 0.879 bits per heavy atom. The van der Waals surface area contributed by atoms with E-state index < -0.39 is 0 Å². The SMILES string of the molecule is CN1CCc2nc(N)sc2C1.FF.FF.FF.FF.FF.FF.FF.FF.FF.FF.FF. The molecule has 0 saturated heterocycles. The summed E-state index contributed by atoms with van der Waals surface area (Å²) in [4.78, 5) is 7.89. The zero-order valence-corrected chi connectivity index (χ0v) is 15.6. The van der Waals surface area contributed by atoms with E-state index in [1.807, 2.05) is 0 Å². The van der Waals surface area contributed by atoms with Crippen LogP contribution in [-0.4, -0.2) is 23.5 Å². The Morgan fingerprint density at radius 3 is 1.15 bits per heavy atom. The highest BCUT2D eigenvalue weighted by Gasteiger charge is 2.16. The summed E-state index contributed by atoms with van der Waals surface area (Å²) in [6.07, 6.45) is 1.06. The summed E-state index contributed by atoms with van der Waals surface area (Å²) in [6.45, 7) is 2.13. The third-order valence-corrected chi connectivity index (χ3v) is 2.85. The summed E-state index contributed by atoms with van der Waals surface area (Å²) < 4.78 is 176. The number of anilines is 1. The van der Waals surface area contributed by atoms with Crippen molar-refractivity contribution in [1.29, 1.82) is 0 Å². The maximum absolute atomic E-state index is 8.00. The fourth-order valence-electron chi connectivity index (χ4n) is 1.34. The van der Waals surface area contributed by atoms with E-state index in [2.05, 4.69) is 16.9 Å². The second-order valence-electron chi connectivity index (χ2n) is 2.91. The van der Waals surface area contributed by atoms with Crippen LogP contribution in [0, 0.1) is 0 Å². The second kappa shape index (κ2) is 113. The highest BCUT2D eigenvalue weighted by molar-refractivity contribution is 7.15. The highest BCUT2D eigenvalue weighted by atomic mass is 32.1. The molecule has 0 aromatic carbocycles. The van der Waals surface area contributed by atoms with Gasteiger partial charge < -0.3 is 10.6 Å². The monoisotopic (exact) mass is 587 g/mol. The topological polar surface area (TPSA) is 42.2 Å². The highest BCUT2D eigenvalue weighted by Crippen LogP contribution is 2.25. The molecule has 0 unspecified atom stereocenters. The molecule has 2 N–H and O–H groups in total. The van der Waals surface area contributed by atoms with Gasteiger partial charge in [-0.05, 0) is 7.05 Å². The van der Waals surface area contributed by atoms with Crippen molar-refractivity contribution in [3.8, 4) is 0 Å². The predicted octanol–water partition coefficient (Wildman–Crippen LogP) is 9.96. The minimum absolute atomic E-state index is 0.713. The molecule has 0 atom stereocenters. The number of halogens is 22. The standard InChI is InChI=1S/C7H11N3S.11F2/c1-10-3-2-5-6(4-10)11-7(8)9-5;11*1-2/h2-4H2,1H3,(H2,8,9);;;;;;;;;;;. The third-order valence-electron chi connectivity index (χ3n) is 1.94. The van der Waals surface area contributed by atoms with E-state index in [4.69, 9.17) is 106 Å². The van der Waals surface area contributed by atoms with Crippen molar-refractivity contribution in [2.24, 2.45) is 0 Å². The molecule has 1 aliphatic heterocycles. The third kappa shape index (κ3) is 65.2. The number of nitrogens with zero attached hydrogens (tertiary/aromatic N) is 2. The van der Waals surface area contributed by atoms with Gasteiger partial charge in [0.05, 0.1) is 5.69 Å². The van der Waals surface area contributed by atoms with Crippen LogP contribution in [0.15, 0.2) is 0 Å². The molecule has 0 saturated carbocycles. The Kier molecular flexibility index (Phi) is 216. The Bertz CT molecular complexity index is 299. The number of hydrogen-bond acceptors (Lipinski definition) is 4. The van der Waals surface area contributed by atoms with Crippen molar-refractivity contribution < 1.29 is 101 Å². The van der Waals surface area contributed by atoms with Gasteiger partial charge in [-0.15, -0.1) is 11.3 Å². The van der Waals surface area contributed by atoms with Crippen LogP contribution in [0.2, 0.25) is 0 Å². The lowest BCUT2D eigenvalue weighted by Gasteiger charge is -2.20. The molecule has 214 valence electrons. The number of thiazole rings is 1.